The summed E-state index contributed by atoms with van der Waals surface area (Å²) in [6.07, 6.45) is 0. The lowest BCUT2D eigenvalue weighted by molar-refractivity contribution is 0.850. The van der Waals surface area contributed by atoms with E-state index < -0.39 is 0 Å². The summed E-state index contributed by atoms with van der Waals surface area (Å²) in [5, 5.41) is 16.2. The van der Waals surface area contributed by atoms with E-state index in [9.17, 15) is 0 Å². The topological polar surface area (TPSA) is 46.3 Å². The van der Waals surface area contributed by atoms with E-state index in [1.807, 2.05) is 60.0 Å². The van der Waals surface area contributed by atoms with Gasteiger partial charge < -0.3 is 0 Å². The van der Waals surface area contributed by atoms with Gasteiger partial charge in [0.05, 0.1) is 17.3 Å². The molecule has 0 aliphatic carbocycles. The molecule has 0 spiro atoms. The summed E-state index contributed by atoms with van der Waals surface area (Å²) in [6.45, 7) is 2.17. The molecular formula is C19H14Cl3N5. The lowest BCUT2D eigenvalue weighted by Crippen LogP contribution is -2.22. The van der Waals surface area contributed by atoms with E-state index in [2.05, 4.69) is 10.2 Å². The Kier molecular flexibility index (Phi) is 4.91. The highest BCUT2D eigenvalue weighted by atomic mass is 35.5. The van der Waals surface area contributed by atoms with Crippen LogP contribution in [0.3, 0.4) is 0 Å². The Bertz CT molecular complexity index is 1050. The first-order valence-corrected chi connectivity index (χ1v) is 9.36. The monoisotopic (exact) mass is 417 g/mol. The molecular weight excluding hydrogens is 405 g/mol. The molecule has 0 radical (unpaired) electrons. The van der Waals surface area contributed by atoms with Crippen LogP contribution in [0, 0.1) is 6.92 Å². The van der Waals surface area contributed by atoms with Crippen molar-refractivity contribution < 1.29 is 0 Å². The average molecular weight is 419 g/mol. The third kappa shape index (κ3) is 3.34. The third-order valence-electron chi connectivity index (χ3n) is 4.20. The maximum Gasteiger partial charge on any atom is 0.252 e. The standard InChI is InChI=1S/C19H14Cl3N5/c1-12-23-24-19-26(11-15(22)10-20)25-18(13-6-8-14(21)9-7-13)16-4-2-3-5-17(16)27(12)19/h2-10H,11H2,1H3/b15-10-. The molecule has 0 bridgehead atoms. The number of aryl methyl sites for hydroxylation is 1. The fraction of sp³-hybridized carbons (Fsp3) is 0.105. The predicted octanol–water partition coefficient (Wildman–Crippen LogP) is 5.12. The largest absolute Gasteiger partial charge is 0.263 e. The highest BCUT2D eigenvalue weighted by molar-refractivity contribution is 6.36. The van der Waals surface area contributed by atoms with Crippen molar-refractivity contribution in [2.45, 2.75) is 6.92 Å². The number of hydrazone groups is 1. The van der Waals surface area contributed by atoms with Gasteiger partial charge in [-0.3, -0.25) is 4.57 Å². The first-order valence-electron chi connectivity index (χ1n) is 8.17. The van der Waals surface area contributed by atoms with Crippen molar-refractivity contribution in [2.75, 3.05) is 11.6 Å². The van der Waals surface area contributed by atoms with Gasteiger partial charge in [0.15, 0.2) is 0 Å². The van der Waals surface area contributed by atoms with Crippen LogP contribution in [0.5, 0.6) is 0 Å². The van der Waals surface area contributed by atoms with E-state index >= 15 is 0 Å². The van der Waals surface area contributed by atoms with Gasteiger partial charge in [-0.15, -0.1) is 10.2 Å². The van der Waals surface area contributed by atoms with Crippen molar-refractivity contribution in [2.24, 2.45) is 5.10 Å². The molecule has 2 aromatic carbocycles. The van der Waals surface area contributed by atoms with Crippen LogP contribution in [-0.2, 0) is 0 Å². The molecule has 0 saturated heterocycles. The van der Waals surface area contributed by atoms with Crippen LogP contribution in [0.4, 0.5) is 5.95 Å². The van der Waals surface area contributed by atoms with Crippen LogP contribution in [-0.4, -0.2) is 27.0 Å². The van der Waals surface area contributed by atoms with Gasteiger partial charge in [0, 0.05) is 21.7 Å². The quantitative estimate of drug-likeness (QED) is 0.593. The number of hydrogen-bond acceptors (Lipinski definition) is 4. The fourth-order valence-electron chi connectivity index (χ4n) is 2.99. The second-order valence-corrected chi connectivity index (χ2v) is 7.11. The minimum Gasteiger partial charge on any atom is -0.263 e. The highest BCUT2D eigenvalue weighted by Gasteiger charge is 2.26. The number of halogens is 3. The van der Waals surface area contributed by atoms with Crippen molar-refractivity contribution in [1.82, 2.24) is 14.8 Å². The van der Waals surface area contributed by atoms with Gasteiger partial charge >= 0.3 is 0 Å². The summed E-state index contributed by atoms with van der Waals surface area (Å²) < 4.78 is 1.96. The van der Waals surface area contributed by atoms with Gasteiger partial charge in [0.1, 0.15) is 11.5 Å². The van der Waals surface area contributed by atoms with Crippen LogP contribution in [0.1, 0.15) is 17.0 Å². The van der Waals surface area contributed by atoms with Crippen LogP contribution in [0.2, 0.25) is 5.02 Å². The number of anilines is 1. The van der Waals surface area contributed by atoms with Gasteiger partial charge in [0.25, 0.3) is 5.95 Å². The number of fused-ring (bicyclic) bond motifs is 3. The Hall–Kier alpha value is -2.34. The van der Waals surface area contributed by atoms with Gasteiger partial charge in [-0.2, -0.15) is 5.10 Å². The van der Waals surface area contributed by atoms with Gasteiger partial charge in [-0.1, -0.05) is 65.1 Å². The highest BCUT2D eigenvalue weighted by Crippen LogP contribution is 2.30. The summed E-state index contributed by atoms with van der Waals surface area (Å²) in [7, 11) is 0. The molecule has 0 atom stereocenters. The molecule has 0 amide bonds. The molecule has 0 saturated carbocycles. The SMILES string of the molecule is Cc1nnc2n1-c1ccccc1C(c1ccc(Cl)cc1)=NN2C/C(Cl)=C/Cl. The Balaban J connectivity index is 1.98. The predicted molar refractivity (Wildman–Crippen MR) is 110 cm³/mol. The summed E-state index contributed by atoms with van der Waals surface area (Å²) in [4.78, 5) is 0. The lowest BCUT2D eigenvalue weighted by Gasteiger charge is -2.17. The van der Waals surface area contributed by atoms with Crippen LogP contribution in [0.25, 0.3) is 5.69 Å². The number of rotatable bonds is 3. The van der Waals surface area contributed by atoms with Gasteiger partial charge in [-0.05, 0) is 25.1 Å². The van der Waals surface area contributed by atoms with Gasteiger partial charge in [-0.25, -0.2) is 5.01 Å². The minimum absolute atomic E-state index is 0.272. The number of para-hydroxylation sites is 1. The molecule has 2 heterocycles. The first kappa shape index (κ1) is 18.0. The molecule has 1 aromatic heterocycles. The van der Waals surface area contributed by atoms with E-state index in [4.69, 9.17) is 39.9 Å². The van der Waals surface area contributed by atoms with E-state index in [1.54, 1.807) is 5.01 Å². The van der Waals surface area contributed by atoms with Crippen molar-refractivity contribution >= 4 is 46.5 Å². The van der Waals surface area contributed by atoms with E-state index in [0.29, 0.717) is 16.0 Å². The van der Waals surface area contributed by atoms with Crippen LogP contribution in [0.15, 0.2) is 64.2 Å². The Morgan fingerprint density at radius 3 is 2.56 bits per heavy atom. The van der Waals surface area contributed by atoms with Crippen molar-refractivity contribution in [1.29, 1.82) is 0 Å². The molecule has 4 rings (SSSR count). The molecule has 0 fully saturated rings. The normalized spacial score (nSPS) is 13.7. The second-order valence-electron chi connectivity index (χ2n) is 5.97. The molecule has 27 heavy (non-hydrogen) atoms. The van der Waals surface area contributed by atoms with Crippen LogP contribution >= 0.6 is 34.8 Å². The van der Waals surface area contributed by atoms with Gasteiger partial charge in [0.2, 0.25) is 0 Å². The zero-order chi connectivity index (χ0) is 19.0. The molecule has 1 aliphatic heterocycles. The summed E-state index contributed by atoms with van der Waals surface area (Å²) in [6, 6.07) is 15.6. The number of hydrogen-bond donors (Lipinski definition) is 0. The van der Waals surface area contributed by atoms with E-state index in [0.717, 1.165) is 28.4 Å². The molecule has 3 aromatic rings. The number of nitrogens with zero attached hydrogens (tertiary/aromatic N) is 5. The number of aromatic nitrogens is 3. The second kappa shape index (κ2) is 7.35. The molecule has 0 unspecified atom stereocenters. The maximum atomic E-state index is 6.19. The summed E-state index contributed by atoms with van der Waals surface area (Å²) in [5.41, 5.74) is 4.94. The Morgan fingerprint density at radius 1 is 1.07 bits per heavy atom. The Labute approximate surface area is 171 Å². The minimum atomic E-state index is 0.272. The molecule has 136 valence electrons. The van der Waals surface area contributed by atoms with Crippen LogP contribution < -0.4 is 5.01 Å². The molecule has 5 nitrogen and oxygen atoms in total. The smallest absolute Gasteiger partial charge is 0.252 e. The Morgan fingerprint density at radius 2 is 1.81 bits per heavy atom. The maximum absolute atomic E-state index is 6.19. The third-order valence-corrected chi connectivity index (χ3v) is 5.05. The van der Waals surface area contributed by atoms with E-state index in [1.165, 1.54) is 5.54 Å². The van der Waals surface area contributed by atoms with E-state index in [-0.39, 0.29) is 6.54 Å². The zero-order valence-corrected chi connectivity index (χ0v) is 16.5. The average Bonchev–Trinajstić information content (AvgIpc) is 3.00. The molecule has 0 N–H and O–H groups in total. The fourth-order valence-corrected chi connectivity index (χ4v) is 3.30. The molecule has 8 heteroatoms. The number of benzene rings is 2. The van der Waals surface area contributed by atoms with Crippen molar-refractivity contribution in [3.05, 3.63) is 81.1 Å². The van der Waals surface area contributed by atoms with Crippen molar-refractivity contribution in [3.8, 4) is 5.69 Å². The van der Waals surface area contributed by atoms with Crippen molar-refractivity contribution in [3.63, 3.8) is 0 Å². The molecule has 1 aliphatic rings. The summed E-state index contributed by atoms with van der Waals surface area (Å²) >= 11 is 18.0. The first-order chi connectivity index (χ1) is 13.1. The lowest BCUT2D eigenvalue weighted by atomic mass is 10.0. The zero-order valence-electron chi connectivity index (χ0n) is 14.3. The summed E-state index contributed by atoms with van der Waals surface area (Å²) in [5.74, 6) is 1.32.